The van der Waals surface area contributed by atoms with Crippen LogP contribution in [0.5, 0.6) is 0 Å². The molecule has 0 aliphatic carbocycles. The summed E-state index contributed by atoms with van der Waals surface area (Å²) >= 11 is 0. The van der Waals surface area contributed by atoms with Gasteiger partial charge in [0.25, 0.3) is 0 Å². The Morgan fingerprint density at radius 3 is 2.83 bits per heavy atom. The number of amides is 1. The van der Waals surface area contributed by atoms with Crippen LogP contribution in [0.25, 0.3) is 0 Å². The summed E-state index contributed by atoms with van der Waals surface area (Å²) in [7, 11) is 0. The second-order valence-corrected chi connectivity index (χ2v) is 7.14. The van der Waals surface area contributed by atoms with Gasteiger partial charge < -0.3 is 4.90 Å². The lowest BCUT2D eigenvalue weighted by atomic mass is 9.93. The van der Waals surface area contributed by atoms with Gasteiger partial charge in [0.15, 0.2) is 0 Å². The van der Waals surface area contributed by atoms with Gasteiger partial charge >= 0.3 is 0 Å². The lowest BCUT2D eigenvalue weighted by Crippen LogP contribution is -2.36. The van der Waals surface area contributed by atoms with Crippen molar-refractivity contribution < 1.29 is 4.79 Å². The number of aromatic nitrogens is 1. The summed E-state index contributed by atoms with van der Waals surface area (Å²) in [6.45, 7) is 7.23. The molecule has 4 heteroatoms. The monoisotopic (exact) mass is 315 g/mol. The summed E-state index contributed by atoms with van der Waals surface area (Å²) < 4.78 is 0. The fourth-order valence-corrected chi connectivity index (χ4v) is 3.90. The number of hydrogen-bond donors (Lipinski definition) is 0. The minimum Gasteiger partial charge on any atom is -0.343 e. The highest BCUT2D eigenvalue weighted by atomic mass is 16.2. The number of carbonyl (C=O) groups excluding carboxylic acids is 1. The fraction of sp³-hybridized carbons (Fsp3) is 0.684. The Morgan fingerprint density at radius 1 is 1.22 bits per heavy atom. The van der Waals surface area contributed by atoms with Crippen LogP contribution in [0.3, 0.4) is 0 Å². The number of nitrogens with zero attached hydrogens (tertiary/aromatic N) is 3. The number of aryl methyl sites for hydroxylation is 1. The third-order valence-electron chi connectivity index (χ3n) is 5.16. The van der Waals surface area contributed by atoms with Gasteiger partial charge in [0.2, 0.25) is 5.91 Å². The molecule has 0 N–H and O–H groups in total. The molecule has 0 aromatic carbocycles. The largest absolute Gasteiger partial charge is 0.343 e. The van der Waals surface area contributed by atoms with Crippen molar-refractivity contribution in [2.45, 2.75) is 52.0 Å². The minimum absolute atomic E-state index is 0.375. The summed E-state index contributed by atoms with van der Waals surface area (Å²) in [6.07, 6.45) is 6.67. The van der Waals surface area contributed by atoms with E-state index in [0.717, 1.165) is 51.3 Å². The van der Waals surface area contributed by atoms with Crippen LogP contribution in [0.4, 0.5) is 0 Å². The number of hydrogen-bond acceptors (Lipinski definition) is 3. The number of rotatable bonds is 5. The van der Waals surface area contributed by atoms with Gasteiger partial charge in [0.1, 0.15) is 0 Å². The number of likely N-dealkylation sites (tertiary alicyclic amines) is 2. The van der Waals surface area contributed by atoms with E-state index in [0.29, 0.717) is 11.8 Å². The molecule has 1 unspecified atom stereocenters. The molecule has 23 heavy (non-hydrogen) atoms. The van der Waals surface area contributed by atoms with E-state index in [4.69, 9.17) is 0 Å². The van der Waals surface area contributed by atoms with Gasteiger partial charge in [-0.1, -0.05) is 6.07 Å². The summed E-state index contributed by atoms with van der Waals surface area (Å²) in [6, 6.07) is 6.26. The molecule has 0 spiro atoms. The number of carbonyl (C=O) groups is 1. The Kier molecular flexibility index (Phi) is 5.65. The summed E-state index contributed by atoms with van der Waals surface area (Å²) in [5.41, 5.74) is 2.26. The predicted octanol–water partition coefficient (Wildman–Crippen LogP) is 3.00. The van der Waals surface area contributed by atoms with Gasteiger partial charge in [-0.25, -0.2) is 0 Å². The zero-order chi connectivity index (χ0) is 16.1. The maximum absolute atomic E-state index is 12.2. The van der Waals surface area contributed by atoms with Gasteiger partial charge in [-0.2, -0.15) is 0 Å². The minimum atomic E-state index is 0.375. The third-order valence-corrected chi connectivity index (χ3v) is 5.16. The molecule has 2 aliphatic rings. The fourth-order valence-electron chi connectivity index (χ4n) is 3.90. The van der Waals surface area contributed by atoms with Gasteiger partial charge in [-0.05, 0) is 63.6 Å². The van der Waals surface area contributed by atoms with Crippen LogP contribution in [-0.4, -0.2) is 46.9 Å². The molecular formula is C19H29N3O. The van der Waals surface area contributed by atoms with Crippen LogP contribution >= 0.6 is 0 Å². The molecule has 3 heterocycles. The highest BCUT2D eigenvalue weighted by molar-refractivity contribution is 5.76. The third kappa shape index (κ3) is 4.77. The molecule has 0 radical (unpaired) electrons. The van der Waals surface area contributed by atoms with E-state index in [1.165, 1.54) is 31.4 Å². The molecule has 126 valence electrons. The van der Waals surface area contributed by atoms with Gasteiger partial charge in [-0.3, -0.25) is 14.7 Å². The first-order chi connectivity index (χ1) is 11.2. The van der Waals surface area contributed by atoms with Gasteiger partial charge in [-0.15, -0.1) is 0 Å². The first kappa shape index (κ1) is 16.4. The van der Waals surface area contributed by atoms with E-state index in [2.05, 4.69) is 26.9 Å². The molecule has 1 aromatic rings. The summed E-state index contributed by atoms with van der Waals surface area (Å²) in [4.78, 5) is 21.4. The van der Waals surface area contributed by atoms with Crippen molar-refractivity contribution in [2.75, 3.05) is 26.2 Å². The van der Waals surface area contributed by atoms with Crippen LogP contribution < -0.4 is 0 Å². The van der Waals surface area contributed by atoms with Crippen molar-refractivity contribution in [3.8, 4) is 0 Å². The van der Waals surface area contributed by atoms with E-state index < -0.39 is 0 Å². The second-order valence-electron chi connectivity index (χ2n) is 7.14. The summed E-state index contributed by atoms with van der Waals surface area (Å²) in [5.74, 6) is 1.04. The Labute approximate surface area is 139 Å². The molecule has 3 rings (SSSR count). The van der Waals surface area contributed by atoms with Crippen molar-refractivity contribution in [3.05, 3.63) is 29.6 Å². The van der Waals surface area contributed by atoms with Crippen LogP contribution in [-0.2, 0) is 11.3 Å². The average Bonchev–Trinajstić information content (AvgIpc) is 3.07. The zero-order valence-electron chi connectivity index (χ0n) is 14.3. The maximum Gasteiger partial charge on any atom is 0.222 e. The lowest BCUT2D eigenvalue weighted by Gasteiger charge is -2.32. The van der Waals surface area contributed by atoms with Crippen LogP contribution in [0, 0.1) is 12.8 Å². The standard InChI is InChI=1S/C19H29N3O/c1-16-6-4-8-18(20-16)15-21-11-5-7-17(14-21)9-10-19(23)22-12-2-3-13-22/h4,6,8,17H,2-3,5,7,9-15H2,1H3. The quantitative estimate of drug-likeness (QED) is 0.838. The molecule has 2 aliphatic heterocycles. The second kappa shape index (κ2) is 7.91. The normalized spacial score (nSPS) is 22.5. The Balaban J connectivity index is 1.45. The van der Waals surface area contributed by atoms with Crippen LogP contribution in [0.2, 0.25) is 0 Å². The van der Waals surface area contributed by atoms with E-state index in [1.807, 2.05) is 13.0 Å². The number of piperidine rings is 1. The van der Waals surface area contributed by atoms with Crippen LogP contribution in [0.15, 0.2) is 18.2 Å². The lowest BCUT2D eigenvalue weighted by molar-refractivity contribution is -0.130. The Hall–Kier alpha value is -1.42. The molecule has 1 atom stereocenters. The van der Waals surface area contributed by atoms with Crippen molar-refractivity contribution in [3.63, 3.8) is 0 Å². The van der Waals surface area contributed by atoms with Crippen LogP contribution in [0.1, 0.15) is 49.9 Å². The smallest absolute Gasteiger partial charge is 0.222 e. The Bertz CT molecular complexity index is 525. The van der Waals surface area contributed by atoms with E-state index >= 15 is 0 Å². The molecular weight excluding hydrogens is 286 g/mol. The first-order valence-electron chi connectivity index (χ1n) is 9.13. The summed E-state index contributed by atoms with van der Waals surface area (Å²) in [5, 5.41) is 0. The number of pyridine rings is 1. The predicted molar refractivity (Wildman–Crippen MR) is 92.0 cm³/mol. The molecule has 2 saturated heterocycles. The van der Waals surface area contributed by atoms with Crippen molar-refractivity contribution in [1.82, 2.24) is 14.8 Å². The molecule has 4 nitrogen and oxygen atoms in total. The Morgan fingerprint density at radius 2 is 2.04 bits per heavy atom. The van der Waals surface area contributed by atoms with Crippen molar-refractivity contribution >= 4 is 5.91 Å². The van der Waals surface area contributed by atoms with Gasteiger partial charge in [0, 0.05) is 38.3 Å². The van der Waals surface area contributed by atoms with E-state index in [9.17, 15) is 4.79 Å². The molecule has 0 saturated carbocycles. The molecule has 1 aromatic heterocycles. The zero-order valence-corrected chi connectivity index (χ0v) is 14.3. The van der Waals surface area contributed by atoms with Crippen molar-refractivity contribution in [1.29, 1.82) is 0 Å². The first-order valence-corrected chi connectivity index (χ1v) is 9.13. The topological polar surface area (TPSA) is 36.4 Å². The van der Waals surface area contributed by atoms with E-state index in [1.54, 1.807) is 0 Å². The highest BCUT2D eigenvalue weighted by Crippen LogP contribution is 2.23. The van der Waals surface area contributed by atoms with Gasteiger partial charge in [0.05, 0.1) is 5.69 Å². The van der Waals surface area contributed by atoms with Crippen molar-refractivity contribution in [2.24, 2.45) is 5.92 Å². The average molecular weight is 315 g/mol. The maximum atomic E-state index is 12.2. The SMILES string of the molecule is Cc1cccc(CN2CCCC(CCC(=O)N3CCCC3)C2)n1. The molecule has 2 fully saturated rings. The molecule has 0 bridgehead atoms. The highest BCUT2D eigenvalue weighted by Gasteiger charge is 2.23. The van der Waals surface area contributed by atoms with E-state index in [-0.39, 0.29) is 0 Å². The molecule has 1 amide bonds.